The molecule has 2 aromatic heterocycles. The summed E-state index contributed by atoms with van der Waals surface area (Å²) >= 11 is 1.55. The molecule has 0 aliphatic rings. The number of thioether (sulfide) groups is 1. The van der Waals surface area contributed by atoms with Crippen molar-refractivity contribution in [3.63, 3.8) is 0 Å². The monoisotopic (exact) mass is 412 g/mol. The lowest BCUT2D eigenvalue weighted by Gasteiger charge is -2.08. The number of hydrogen-bond acceptors (Lipinski definition) is 8. The minimum Gasteiger partial charge on any atom is -0.492 e. The molecule has 3 N–H and O–H groups in total. The summed E-state index contributed by atoms with van der Waals surface area (Å²) in [5.74, 6) is -0.413. The second-order valence-electron chi connectivity index (χ2n) is 6.15. The summed E-state index contributed by atoms with van der Waals surface area (Å²) in [6, 6.07) is 14.5. The number of aryl methyl sites for hydroxylation is 1. The maximum atomic E-state index is 12.2. The van der Waals surface area contributed by atoms with Crippen LogP contribution in [0.25, 0.3) is 16.8 Å². The molecule has 0 bridgehead atoms. The molecule has 148 valence electrons. The summed E-state index contributed by atoms with van der Waals surface area (Å²) in [6.07, 6.45) is 0. The van der Waals surface area contributed by atoms with E-state index >= 15 is 0 Å². The normalized spacial score (nSPS) is 11.1. The van der Waals surface area contributed by atoms with Crippen LogP contribution in [-0.4, -0.2) is 45.2 Å². The van der Waals surface area contributed by atoms with Crippen LogP contribution in [-0.2, 0) is 12.8 Å². The van der Waals surface area contributed by atoms with Crippen molar-refractivity contribution in [2.75, 3.05) is 0 Å². The number of aromatic nitrogens is 6. The van der Waals surface area contributed by atoms with Crippen LogP contribution < -0.4 is 5.69 Å². The van der Waals surface area contributed by atoms with Crippen LogP contribution in [0.5, 0.6) is 11.8 Å². The van der Waals surface area contributed by atoms with Gasteiger partial charge in [-0.05, 0) is 39.8 Å². The lowest BCUT2D eigenvalue weighted by molar-refractivity contribution is 0.118. The molecule has 4 aromatic rings. The topological polar surface area (TPSA) is 131 Å². The molecular weight excluding hydrogens is 396 g/mol. The van der Waals surface area contributed by atoms with Gasteiger partial charge in [0.15, 0.2) is 0 Å². The van der Waals surface area contributed by atoms with Crippen molar-refractivity contribution >= 4 is 11.8 Å². The van der Waals surface area contributed by atoms with Gasteiger partial charge in [-0.3, -0.25) is 0 Å². The highest BCUT2D eigenvalue weighted by Crippen LogP contribution is 2.37. The zero-order valence-corrected chi connectivity index (χ0v) is 16.0. The summed E-state index contributed by atoms with van der Waals surface area (Å²) in [4.78, 5) is 13.3. The largest absolute Gasteiger partial charge is 0.492 e. The Labute approximate surface area is 168 Å². The molecule has 0 unspecified atom stereocenters. The minimum atomic E-state index is -0.536. The van der Waals surface area contributed by atoms with E-state index in [-0.39, 0.29) is 16.1 Å². The van der Waals surface area contributed by atoms with Gasteiger partial charge in [0.05, 0.1) is 5.69 Å². The maximum Gasteiger partial charge on any atom is 0.368 e. The molecule has 0 fully saturated rings. The van der Waals surface area contributed by atoms with Crippen molar-refractivity contribution in [2.45, 2.75) is 10.6 Å². The van der Waals surface area contributed by atoms with Gasteiger partial charge in [-0.1, -0.05) is 40.3 Å². The lowest BCUT2D eigenvalue weighted by atomic mass is 10.1. The Hall–Kier alpha value is -3.73. The number of rotatable bonds is 5. The van der Waals surface area contributed by atoms with Gasteiger partial charge in [-0.2, -0.15) is 9.36 Å². The Bertz CT molecular complexity index is 1230. The number of aromatic hydroxyl groups is 2. The Morgan fingerprint density at radius 2 is 1.76 bits per heavy atom. The summed E-state index contributed by atoms with van der Waals surface area (Å²) in [5, 5.41) is 39.9. The number of nitrogens with zero attached hydrogens (tertiary/aromatic N) is 6. The van der Waals surface area contributed by atoms with Gasteiger partial charge in [-0.25, -0.2) is 4.79 Å². The van der Waals surface area contributed by atoms with E-state index in [2.05, 4.69) is 15.5 Å². The average molecular weight is 412 g/mol. The fraction of sp³-hybridized carbons (Fsp3) is 0.111. The molecule has 0 radical (unpaired) electrons. The van der Waals surface area contributed by atoms with E-state index in [0.29, 0.717) is 17.0 Å². The van der Waals surface area contributed by atoms with Crippen LogP contribution in [0.3, 0.4) is 0 Å². The average Bonchev–Trinajstić information content (AvgIpc) is 3.18. The predicted molar refractivity (Wildman–Crippen MR) is 104 cm³/mol. The summed E-state index contributed by atoms with van der Waals surface area (Å²) in [5.41, 5.74) is 1.82. The zero-order valence-electron chi connectivity index (χ0n) is 15.2. The van der Waals surface area contributed by atoms with E-state index in [4.69, 9.17) is 0 Å². The first-order chi connectivity index (χ1) is 14.0. The van der Waals surface area contributed by atoms with Gasteiger partial charge in [0.25, 0.3) is 5.88 Å². The molecule has 2 heterocycles. The highest BCUT2D eigenvalue weighted by Gasteiger charge is 2.18. The molecule has 11 heteroatoms. The lowest BCUT2D eigenvalue weighted by Crippen LogP contribution is -2.22. The van der Waals surface area contributed by atoms with Crippen molar-refractivity contribution in [3.8, 4) is 28.6 Å². The zero-order chi connectivity index (χ0) is 20.5. The molecule has 2 aromatic carbocycles. The van der Waals surface area contributed by atoms with Crippen molar-refractivity contribution in [1.82, 2.24) is 29.7 Å². The van der Waals surface area contributed by atoms with Gasteiger partial charge in [-0.15, -0.1) is 11.8 Å². The molecule has 0 spiro atoms. The highest BCUT2D eigenvalue weighted by molar-refractivity contribution is 7.98. The molecule has 10 nitrogen and oxygen atoms in total. The van der Waals surface area contributed by atoms with Crippen LogP contribution in [0.2, 0.25) is 0 Å². The van der Waals surface area contributed by atoms with E-state index in [0.717, 1.165) is 10.5 Å². The van der Waals surface area contributed by atoms with E-state index in [1.807, 2.05) is 36.4 Å². The summed E-state index contributed by atoms with van der Waals surface area (Å²) in [7, 11) is 1.54. The molecule has 0 aliphatic carbocycles. The number of tetrazole rings is 1. The smallest absolute Gasteiger partial charge is 0.368 e. The molecule has 29 heavy (non-hydrogen) atoms. The van der Waals surface area contributed by atoms with Crippen LogP contribution >= 0.6 is 11.8 Å². The quantitative estimate of drug-likeness (QED) is 0.334. The van der Waals surface area contributed by atoms with Crippen molar-refractivity contribution in [3.05, 3.63) is 64.6 Å². The fourth-order valence-electron chi connectivity index (χ4n) is 2.83. The molecule has 0 saturated heterocycles. The van der Waals surface area contributed by atoms with Crippen LogP contribution in [0, 0.1) is 0 Å². The molecule has 0 atom stereocenters. The molecule has 0 saturated carbocycles. The van der Waals surface area contributed by atoms with E-state index < -0.39 is 11.8 Å². The van der Waals surface area contributed by atoms with Crippen LogP contribution in [0.15, 0.2) is 58.2 Å². The number of hydrogen-bond donors (Lipinski definition) is 3. The SMILES string of the molecule is Cn1nnn(-c2ccccc2CSc2ccc(-c3c(O)nn(O)c3O)cc2)c1=O. The molecule has 0 aliphatic heterocycles. The van der Waals surface area contributed by atoms with Gasteiger partial charge < -0.3 is 15.4 Å². The number of benzene rings is 2. The first kappa shape index (κ1) is 18.6. The Balaban J connectivity index is 1.55. The van der Waals surface area contributed by atoms with Gasteiger partial charge >= 0.3 is 5.69 Å². The fourth-order valence-corrected chi connectivity index (χ4v) is 3.72. The Kier molecular flexibility index (Phi) is 4.72. The van der Waals surface area contributed by atoms with Gasteiger partial charge in [0.2, 0.25) is 5.88 Å². The third-order valence-corrected chi connectivity index (χ3v) is 5.37. The first-order valence-corrected chi connectivity index (χ1v) is 9.45. The third-order valence-electron chi connectivity index (χ3n) is 4.30. The van der Waals surface area contributed by atoms with Gasteiger partial charge in [0, 0.05) is 17.7 Å². The van der Waals surface area contributed by atoms with Crippen molar-refractivity contribution < 1.29 is 15.4 Å². The predicted octanol–water partition coefficient (Wildman–Crippen LogP) is 1.77. The molecule has 4 rings (SSSR count). The standard InChI is InChI=1S/C18H16N6O4S/c1-22-18(27)23(21-20-22)14-5-3-2-4-12(14)10-29-13-8-6-11(7-9-13)15-16(25)19-24(28)17(15)26/h2-9,26,28H,10H2,1H3,(H,19,25). The number of para-hydroxylation sites is 1. The van der Waals surface area contributed by atoms with E-state index in [9.17, 15) is 20.2 Å². The molecule has 0 amide bonds. The van der Waals surface area contributed by atoms with Crippen molar-refractivity contribution in [2.24, 2.45) is 7.05 Å². The highest BCUT2D eigenvalue weighted by atomic mass is 32.2. The maximum absolute atomic E-state index is 12.2. The third kappa shape index (κ3) is 3.43. The molecular formula is C18H16N6O4S. The first-order valence-electron chi connectivity index (χ1n) is 8.46. The minimum absolute atomic E-state index is 0.0522. The Morgan fingerprint density at radius 1 is 1.03 bits per heavy atom. The second-order valence-corrected chi connectivity index (χ2v) is 7.20. The van der Waals surface area contributed by atoms with Crippen LogP contribution in [0.4, 0.5) is 0 Å². The van der Waals surface area contributed by atoms with E-state index in [1.165, 1.54) is 9.36 Å². The summed E-state index contributed by atoms with van der Waals surface area (Å²) < 4.78 is 2.43. The van der Waals surface area contributed by atoms with Gasteiger partial charge in [0.1, 0.15) is 5.56 Å². The van der Waals surface area contributed by atoms with Crippen molar-refractivity contribution in [1.29, 1.82) is 0 Å². The van der Waals surface area contributed by atoms with E-state index in [1.54, 1.807) is 30.9 Å². The Morgan fingerprint density at radius 3 is 2.38 bits per heavy atom. The summed E-state index contributed by atoms with van der Waals surface area (Å²) in [6.45, 7) is 0. The van der Waals surface area contributed by atoms with Crippen LogP contribution in [0.1, 0.15) is 5.56 Å². The second kappa shape index (κ2) is 7.36.